The first kappa shape index (κ1) is 12.7. The van der Waals surface area contributed by atoms with Gasteiger partial charge in [0.25, 0.3) is 5.91 Å². The normalized spacial score (nSPS) is 9.95. The number of amides is 2. The first-order valence-electron chi connectivity index (χ1n) is 5.65. The average molecular weight is 259 g/mol. The van der Waals surface area contributed by atoms with Crippen LogP contribution in [0.5, 0.6) is 0 Å². The molecule has 98 valence electrons. The highest BCUT2D eigenvalue weighted by atomic mass is 16.2. The summed E-state index contributed by atoms with van der Waals surface area (Å²) in [4.78, 5) is 22.9. The molecule has 0 unspecified atom stereocenters. The van der Waals surface area contributed by atoms with Crippen molar-refractivity contribution in [2.75, 3.05) is 12.4 Å². The van der Waals surface area contributed by atoms with E-state index in [9.17, 15) is 9.59 Å². The number of rotatable bonds is 4. The zero-order valence-electron chi connectivity index (χ0n) is 10.3. The highest BCUT2D eigenvalue weighted by Crippen LogP contribution is 2.11. The number of H-pyrrole nitrogens is 1. The molecule has 0 aliphatic carbocycles. The first-order chi connectivity index (χ1) is 9.19. The highest BCUT2D eigenvalue weighted by Gasteiger charge is 2.08. The molecule has 0 saturated heterocycles. The van der Waals surface area contributed by atoms with Gasteiger partial charge >= 0.3 is 0 Å². The molecule has 0 aliphatic heterocycles. The van der Waals surface area contributed by atoms with Crippen molar-refractivity contribution < 1.29 is 9.59 Å². The Kier molecular flexibility index (Phi) is 3.87. The Morgan fingerprint density at radius 2 is 2.00 bits per heavy atom. The third-order valence-corrected chi connectivity index (χ3v) is 2.50. The van der Waals surface area contributed by atoms with E-state index in [4.69, 9.17) is 0 Å². The molecule has 7 nitrogen and oxygen atoms in total. The van der Waals surface area contributed by atoms with Gasteiger partial charge in [0.05, 0.1) is 12.6 Å². The van der Waals surface area contributed by atoms with Crippen molar-refractivity contribution in [2.45, 2.75) is 6.42 Å². The van der Waals surface area contributed by atoms with Crippen LogP contribution in [0.15, 0.2) is 30.5 Å². The Labute approximate surface area is 109 Å². The molecular weight excluding hydrogens is 246 g/mol. The molecule has 0 saturated carbocycles. The molecule has 19 heavy (non-hydrogen) atoms. The minimum absolute atomic E-state index is 0.0561. The van der Waals surface area contributed by atoms with E-state index in [2.05, 4.69) is 26.0 Å². The SMILES string of the molecule is CNC(=O)Cc1ccc(NC(=O)c2cn[nH]n2)cc1. The fourth-order valence-electron chi connectivity index (χ4n) is 1.49. The maximum absolute atomic E-state index is 11.7. The van der Waals surface area contributed by atoms with Gasteiger partial charge < -0.3 is 10.6 Å². The lowest BCUT2D eigenvalue weighted by Crippen LogP contribution is -2.19. The predicted molar refractivity (Wildman–Crippen MR) is 68.5 cm³/mol. The van der Waals surface area contributed by atoms with Crippen LogP contribution in [0.3, 0.4) is 0 Å². The number of likely N-dealkylation sites (N-methyl/N-ethyl adjacent to an activating group) is 1. The molecule has 1 heterocycles. The predicted octanol–water partition coefficient (Wildman–Crippen LogP) is 0.345. The van der Waals surface area contributed by atoms with Gasteiger partial charge in [-0.2, -0.15) is 15.4 Å². The fraction of sp³-hybridized carbons (Fsp3) is 0.167. The van der Waals surface area contributed by atoms with Crippen molar-refractivity contribution in [3.8, 4) is 0 Å². The van der Waals surface area contributed by atoms with Gasteiger partial charge in [-0.25, -0.2) is 0 Å². The van der Waals surface area contributed by atoms with E-state index in [-0.39, 0.29) is 17.5 Å². The van der Waals surface area contributed by atoms with E-state index in [1.54, 1.807) is 31.3 Å². The minimum Gasteiger partial charge on any atom is -0.359 e. The largest absolute Gasteiger partial charge is 0.359 e. The summed E-state index contributed by atoms with van der Waals surface area (Å²) in [5.41, 5.74) is 1.72. The monoisotopic (exact) mass is 259 g/mol. The number of aromatic amines is 1. The Bertz CT molecular complexity index is 562. The van der Waals surface area contributed by atoms with Gasteiger partial charge in [-0.15, -0.1) is 0 Å². The van der Waals surface area contributed by atoms with E-state index in [1.165, 1.54) is 6.20 Å². The maximum Gasteiger partial charge on any atom is 0.277 e. The molecule has 2 amide bonds. The Morgan fingerprint density at radius 1 is 1.26 bits per heavy atom. The Hall–Kier alpha value is -2.70. The summed E-state index contributed by atoms with van der Waals surface area (Å²) in [5.74, 6) is -0.396. The summed E-state index contributed by atoms with van der Waals surface area (Å²) < 4.78 is 0. The number of hydrogen-bond donors (Lipinski definition) is 3. The van der Waals surface area contributed by atoms with Crippen LogP contribution < -0.4 is 10.6 Å². The van der Waals surface area contributed by atoms with Gasteiger partial charge in [0.15, 0.2) is 5.69 Å². The zero-order chi connectivity index (χ0) is 13.7. The summed E-state index contributed by atoms with van der Waals surface area (Å²) >= 11 is 0. The van der Waals surface area contributed by atoms with Crippen molar-refractivity contribution >= 4 is 17.5 Å². The van der Waals surface area contributed by atoms with Gasteiger partial charge in [0.1, 0.15) is 0 Å². The van der Waals surface area contributed by atoms with Gasteiger partial charge in [-0.1, -0.05) is 12.1 Å². The van der Waals surface area contributed by atoms with Gasteiger partial charge in [-0.3, -0.25) is 9.59 Å². The highest BCUT2D eigenvalue weighted by molar-refractivity contribution is 6.02. The molecule has 3 N–H and O–H groups in total. The number of nitrogens with zero attached hydrogens (tertiary/aromatic N) is 2. The topological polar surface area (TPSA) is 99.8 Å². The van der Waals surface area contributed by atoms with Crippen molar-refractivity contribution in [1.29, 1.82) is 0 Å². The van der Waals surface area contributed by atoms with E-state index in [1.807, 2.05) is 0 Å². The molecule has 0 bridgehead atoms. The molecule has 0 spiro atoms. The smallest absolute Gasteiger partial charge is 0.277 e. The second-order valence-corrected chi connectivity index (χ2v) is 3.86. The summed E-state index contributed by atoms with van der Waals surface area (Å²) in [6, 6.07) is 7.04. The van der Waals surface area contributed by atoms with Crippen LogP contribution in [-0.2, 0) is 11.2 Å². The van der Waals surface area contributed by atoms with Gasteiger partial charge in [0, 0.05) is 12.7 Å². The number of nitrogens with one attached hydrogen (secondary N) is 3. The van der Waals surface area contributed by atoms with Crippen LogP contribution >= 0.6 is 0 Å². The molecule has 0 fully saturated rings. The van der Waals surface area contributed by atoms with Crippen molar-refractivity contribution in [2.24, 2.45) is 0 Å². The standard InChI is InChI=1S/C12H13N5O2/c1-13-11(18)6-8-2-4-9(5-3-8)15-12(19)10-7-14-17-16-10/h2-5,7H,6H2,1H3,(H,13,18)(H,15,19)(H,14,16,17). The summed E-state index contributed by atoms with van der Waals surface area (Å²) in [7, 11) is 1.59. The number of hydrogen-bond acceptors (Lipinski definition) is 4. The van der Waals surface area contributed by atoms with Gasteiger partial charge in [-0.05, 0) is 17.7 Å². The summed E-state index contributed by atoms with van der Waals surface area (Å²) in [6.45, 7) is 0. The molecule has 2 rings (SSSR count). The molecule has 2 aromatic rings. The number of benzene rings is 1. The van der Waals surface area contributed by atoms with Crippen LogP contribution in [0.2, 0.25) is 0 Å². The summed E-state index contributed by atoms with van der Waals surface area (Å²) in [6.07, 6.45) is 1.66. The molecule has 1 aromatic carbocycles. The van der Waals surface area contributed by atoms with Crippen molar-refractivity contribution in [3.05, 3.63) is 41.7 Å². The number of aromatic nitrogens is 3. The molecule has 1 aromatic heterocycles. The maximum atomic E-state index is 11.7. The lowest BCUT2D eigenvalue weighted by atomic mass is 10.1. The third-order valence-electron chi connectivity index (χ3n) is 2.50. The Morgan fingerprint density at radius 3 is 2.58 bits per heavy atom. The first-order valence-corrected chi connectivity index (χ1v) is 5.65. The average Bonchev–Trinajstić information content (AvgIpc) is 2.95. The van der Waals surface area contributed by atoms with Crippen LogP contribution in [0.25, 0.3) is 0 Å². The summed E-state index contributed by atoms with van der Waals surface area (Å²) in [5, 5.41) is 14.8. The van der Waals surface area contributed by atoms with Crippen LogP contribution in [0.1, 0.15) is 16.1 Å². The second kappa shape index (κ2) is 5.76. The third kappa shape index (κ3) is 3.38. The zero-order valence-corrected chi connectivity index (χ0v) is 10.3. The number of anilines is 1. The number of carbonyl (C=O) groups is 2. The lowest BCUT2D eigenvalue weighted by Gasteiger charge is -2.04. The lowest BCUT2D eigenvalue weighted by molar-refractivity contribution is -0.119. The van der Waals surface area contributed by atoms with Crippen LogP contribution in [0, 0.1) is 0 Å². The molecular formula is C12H13N5O2. The molecule has 0 aliphatic rings. The van der Waals surface area contributed by atoms with E-state index >= 15 is 0 Å². The fourth-order valence-corrected chi connectivity index (χ4v) is 1.49. The van der Waals surface area contributed by atoms with Crippen LogP contribution in [-0.4, -0.2) is 34.3 Å². The molecule has 0 atom stereocenters. The van der Waals surface area contributed by atoms with E-state index < -0.39 is 0 Å². The minimum atomic E-state index is -0.340. The van der Waals surface area contributed by atoms with Crippen LogP contribution in [0.4, 0.5) is 5.69 Å². The van der Waals surface area contributed by atoms with E-state index in [0.717, 1.165) is 5.56 Å². The molecule has 0 radical (unpaired) electrons. The van der Waals surface area contributed by atoms with Crippen molar-refractivity contribution in [3.63, 3.8) is 0 Å². The molecule has 7 heteroatoms. The van der Waals surface area contributed by atoms with E-state index in [0.29, 0.717) is 12.1 Å². The Balaban J connectivity index is 1.99. The second-order valence-electron chi connectivity index (χ2n) is 3.86. The van der Waals surface area contributed by atoms with Crippen molar-refractivity contribution in [1.82, 2.24) is 20.7 Å². The quantitative estimate of drug-likeness (QED) is 0.737. The number of carbonyl (C=O) groups excluding carboxylic acids is 2. The van der Waals surface area contributed by atoms with Gasteiger partial charge in [0.2, 0.25) is 5.91 Å².